The minimum atomic E-state index is -3.27. The summed E-state index contributed by atoms with van der Waals surface area (Å²) in [6.45, 7) is 0.706. The predicted molar refractivity (Wildman–Crippen MR) is 77.1 cm³/mol. The Hall–Kier alpha value is -1.93. The molecule has 21 heavy (non-hydrogen) atoms. The van der Waals surface area contributed by atoms with Crippen molar-refractivity contribution < 1.29 is 13.2 Å². The van der Waals surface area contributed by atoms with Crippen molar-refractivity contribution in [3.63, 3.8) is 0 Å². The molecule has 2 aliphatic heterocycles. The topological polar surface area (TPSA) is 95.2 Å². The number of hydrogen-bond donors (Lipinski definition) is 2. The maximum absolute atomic E-state index is 12.5. The summed E-state index contributed by atoms with van der Waals surface area (Å²) in [5.74, 6) is -0.0186. The lowest BCUT2D eigenvalue weighted by Gasteiger charge is -2.22. The third kappa shape index (κ3) is 1.86. The molecule has 1 amide bonds. The van der Waals surface area contributed by atoms with Crippen molar-refractivity contribution in [2.75, 3.05) is 24.2 Å². The first-order valence-corrected chi connectivity index (χ1v) is 8.34. The van der Waals surface area contributed by atoms with E-state index in [1.807, 2.05) is 24.3 Å². The number of sulfonamides is 1. The van der Waals surface area contributed by atoms with Crippen molar-refractivity contribution in [1.82, 2.24) is 14.3 Å². The Morgan fingerprint density at radius 2 is 2.19 bits per heavy atom. The van der Waals surface area contributed by atoms with Crippen LogP contribution in [-0.4, -0.2) is 47.4 Å². The number of carbonyl (C=O) groups excluding carboxylic acids is 1. The molecule has 3 heterocycles. The van der Waals surface area contributed by atoms with Gasteiger partial charge in [-0.25, -0.2) is 17.7 Å². The molecule has 0 saturated carbocycles. The number of hydrogen-bond acceptors (Lipinski definition) is 4. The fraction of sp³-hybridized carbons (Fsp3) is 0.385. The molecule has 7 nitrogen and oxygen atoms in total. The van der Waals surface area contributed by atoms with Crippen LogP contribution in [-0.2, 0) is 14.8 Å². The molecule has 2 bridgehead atoms. The molecule has 8 heteroatoms. The lowest BCUT2D eigenvalue weighted by atomic mass is 9.88. The van der Waals surface area contributed by atoms with Crippen LogP contribution in [0, 0.1) is 5.41 Å². The van der Waals surface area contributed by atoms with E-state index in [2.05, 4.69) is 15.3 Å². The number of benzene rings is 1. The molecule has 0 radical (unpaired) electrons. The summed E-state index contributed by atoms with van der Waals surface area (Å²) >= 11 is 0. The highest BCUT2D eigenvalue weighted by Gasteiger charge is 2.57. The highest BCUT2D eigenvalue weighted by molar-refractivity contribution is 7.89. The molecule has 2 aliphatic rings. The standard InChI is InChI=1S/C13H14N4O3S/c18-11(13-5-6-17(7-13)21(19,20)8-13)16-12-14-9-3-1-2-4-10(9)15-12/h1-4H,5-8H2,(H2,14,15,16,18). The van der Waals surface area contributed by atoms with Crippen LogP contribution in [0.1, 0.15) is 6.42 Å². The van der Waals surface area contributed by atoms with E-state index in [0.717, 1.165) is 11.0 Å². The number of fused-ring (bicyclic) bond motifs is 3. The number of aromatic amines is 1. The number of anilines is 1. The number of amides is 1. The second kappa shape index (κ2) is 4.05. The average Bonchev–Trinajstić information content (AvgIpc) is 3.08. The Morgan fingerprint density at radius 3 is 2.86 bits per heavy atom. The van der Waals surface area contributed by atoms with Gasteiger partial charge in [-0.1, -0.05) is 12.1 Å². The molecule has 2 atom stereocenters. The Morgan fingerprint density at radius 1 is 1.38 bits per heavy atom. The van der Waals surface area contributed by atoms with Crippen LogP contribution in [0.4, 0.5) is 5.95 Å². The third-order valence-corrected chi connectivity index (χ3v) is 6.29. The summed E-state index contributed by atoms with van der Waals surface area (Å²) < 4.78 is 25.1. The molecule has 110 valence electrons. The van der Waals surface area contributed by atoms with Gasteiger partial charge in [-0.2, -0.15) is 0 Å². The molecule has 1 aromatic carbocycles. The Labute approximate surface area is 121 Å². The van der Waals surface area contributed by atoms with Gasteiger partial charge in [-0.3, -0.25) is 10.1 Å². The summed E-state index contributed by atoms with van der Waals surface area (Å²) in [5, 5.41) is 2.73. The van der Waals surface area contributed by atoms with Crippen molar-refractivity contribution >= 4 is 32.9 Å². The zero-order valence-electron chi connectivity index (χ0n) is 11.2. The number of nitrogens with zero attached hydrogens (tertiary/aromatic N) is 2. The van der Waals surface area contributed by atoms with Crippen molar-refractivity contribution in [3.8, 4) is 0 Å². The zero-order valence-corrected chi connectivity index (χ0v) is 12.0. The second-order valence-electron chi connectivity index (χ2n) is 5.68. The van der Waals surface area contributed by atoms with E-state index in [1.165, 1.54) is 4.31 Å². The van der Waals surface area contributed by atoms with Gasteiger partial charge in [0.25, 0.3) is 0 Å². The fourth-order valence-electron chi connectivity index (χ4n) is 3.13. The largest absolute Gasteiger partial charge is 0.324 e. The van der Waals surface area contributed by atoms with E-state index in [1.54, 1.807) is 0 Å². The molecule has 0 spiro atoms. The summed E-state index contributed by atoms with van der Waals surface area (Å²) in [7, 11) is -3.27. The first-order valence-electron chi connectivity index (χ1n) is 6.73. The van der Waals surface area contributed by atoms with Gasteiger partial charge < -0.3 is 4.98 Å². The van der Waals surface area contributed by atoms with E-state index in [0.29, 0.717) is 18.9 Å². The SMILES string of the molecule is O=C(Nc1nc2ccccc2[nH]1)C12CCN(C1)S(=O)(=O)C2. The highest BCUT2D eigenvalue weighted by Crippen LogP contribution is 2.41. The molecule has 0 aliphatic carbocycles. The van der Waals surface area contributed by atoms with Gasteiger partial charge >= 0.3 is 0 Å². The van der Waals surface area contributed by atoms with Gasteiger partial charge in [-0.05, 0) is 18.6 Å². The van der Waals surface area contributed by atoms with Gasteiger partial charge in [0, 0.05) is 13.1 Å². The number of nitrogens with one attached hydrogen (secondary N) is 2. The average molecular weight is 306 g/mol. The van der Waals surface area contributed by atoms with Crippen molar-refractivity contribution in [1.29, 1.82) is 0 Å². The van der Waals surface area contributed by atoms with E-state index >= 15 is 0 Å². The summed E-state index contributed by atoms with van der Waals surface area (Å²) in [5.41, 5.74) is 0.757. The van der Waals surface area contributed by atoms with Gasteiger partial charge in [0.05, 0.1) is 22.2 Å². The monoisotopic (exact) mass is 306 g/mol. The van der Waals surface area contributed by atoms with Crippen molar-refractivity contribution in [2.24, 2.45) is 5.41 Å². The van der Waals surface area contributed by atoms with Crippen LogP contribution in [0.15, 0.2) is 24.3 Å². The van der Waals surface area contributed by atoms with E-state index in [-0.39, 0.29) is 18.2 Å². The summed E-state index contributed by atoms with van der Waals surface area (Å²) in [4.78, 5) is 19.8. The van der Waals surface area contributed by atoms with E-state index in [4.69, 9.17) is 0 Å². The van der Waals surface area contributed by atoms with Crippen LogP contribution >= 0.6 is 0 Å². The number of imidazole rings is 1. The van der Waals surface area contributed by atoms with Gasteiger partial charge in [-0.15, -0.1) is 0 Å². The number of aromatic nitrogens is 2. The molecule has 2 saturated heterocycles. The quantitative estimate of drug-likeness (QED) is 0.846. The minimum Gasteiger partial charge on any atom is -0.324 e. The van der Waals surface area contributed by atoms with Crippen LogP contribution in [0.2, 0.25) is 0 Å². The third-order valence-electron chi connectivity index (χ3n) is 4.27. The minimum absolute atomic E-state index is 0.105. The normalized spacial score (nSPS) is 29.8. The maximum atomic E-state index is 12.5. The molecular weight excluding hydrogens is 292 g/mol. The second-order valence-corrected chi connectivity index (χ2v) is 7.65. The predicted octanol–water partition coefficient (Wildman–Crippen LogP) is 0.537. The molecular formula is C13H14N4O3S. The Kier molecular flexibility index (Phi) is 2.46. The first kappa shape index (κ1) is 12.8. The van der Waals surface area contributed by atoms with Gasteiger partial charge in [0.15, 0.2) is 0 Å². The number of para-hydroxylation sites is 2. The highest BCUT2D eigenvalue weighted by atomic mass is 32.2. The smallest absolute Gasteiger partial charge is 0.235 e. The maximum Gasteiger partial charge on any atom is 0.235 e. The molecule has 2 aromatic rings. The van der Waals surface area contributed by atoms with Crippen LogP contribution in [0.25, 0.3) is 11.0 Å². The van der Waals surface area contributed by atoms with E-state index < -0.39 is 15.4 Å². The van der Waals surface area contributed by atoms with Crippen molar-refractivity contribution in [2.45, 2.75) is 6.42 Å². The van der Waals surface area contributed by atoms with Crippen molar-refractivity contribution in [3.05, 3.63) is 24.3 Å². The van der Waals surface area contributed by atoms with Gasteiger partial charge in [0.2, 0.25) is 21.9 Å². The molecule has 1 aromatic heterocycles. The van der Waals surface area contributed by atoms with Crippen LogP contribution in [0.3, 0.4) is 0 Å². The Balaban J connectivity index is 1.61. The Bertz CT molecular complexity index is 811. The number of H-pyrrole nitrogens is 1. The van der Waals surface area contributed by atoms with Gasteiger partial charge in [0.1, 0.15) is 0 Å². The van der Waals surface area contributed by atoms with Crippen LogP contribution < -0.4 is 5.32 Å². The lowest BCUT2D eigenvalue weighted by Crippen LogP contribution is -2.39. The summed E-state index contributed by atoms with van der Waals surface area (Å²) in [6.07, 6.45) is 0.568. The molecule has 2 unspecified atom stereocenters. The molecule has 4 rings (SSSR count). The lowest BCUT2D eigenvalue weighted by molar-refractivity contribution is -0.123. The number of rotatable bonds is 2. The number of carbonyl (C=O) groups is 1. The fourth-order valence-corrected chi connectivity index (χ4v) is 5.19. The molecule has 2 N–H and O–H groups in total. The summed E-state index contributed by atoms with van der Waals surface area (Å²) in [6, 6.07) is 7.46. The van der Waals surface area contributed by atoms with Crippen LogP contribution in [0.5, 0.6) is 0 Å². The first-order chi connectivity index (χ1) is 9.98. The molecule has 2 fully saturated rings. The van der Waals surface area contributed by atoms with E-state index in [9.17, 15) is 13.2 Å². The zero-order chi connectivity index (χ0) is 14.7.